The van der Waals surface area contributed by atoms with Crippen molar-refractivity contribution in [2.24, 2.45) is 11.8 Å². The molecule has 0 radical (unpaired) electrons. The molecule has 5 nitrogen and oxygen atoms in total. The lowest BCUT2D eigenvalue weighted by Gasteiger charge is -2.21. The smallest absolute Gasteiger partial charge is 0.253 e. The van der Waals surface area contributed by atoms with Crippen LogP contribution < -0.4 is 5.32 Å². The van der Waals surface area contributed by atoms with Crippen molar-refractivity contribution >= 4 is 18.3 Å². The summed E-state index contributed by atoms with van der Waals surface area (Å²) in [4.78, 5) is 14.9. The van der Waals surface area contributed by atoms with E-state index in [4.69, 9.17) is 0 Å². The zero-order chi connectivity index (χ0) is 18.1. The number of hydrogen-bond acceptors (Lipinski definition) is 3. The third-order valence-electron chi connectivity index (χ3n) is 5.94. The molecule has 2 atom stereocenters. The van der Waals surface area contributed by atoms with E-state index in [-0.39, 0.29) is 18.3 Å². The number of halogens is 1. The summed E-state index contributed by atoms with van der Waals surface area (Å²) >= 11 is 0. The van der Waals surface area contributed by atoms with Crippen molar-refractivity contribution in [3.63, 3.8) is 0 Å². The number of carbonyl (C=O) groups excluding carboxylic acids is 1. The molecule has 3 heterocycles. The minimum atomic E-state index is 0. The summed E-state index contributed by atoms with van der Waals surface area (Å²) in [6, 6.07) is 10.1. The van der Waals surface area contributed by atoms with E-state index >= 15 is 0 Å². The van der Waals surface area contributed by atoms with Gasteiger partial charge in [-0.25, -0.2) is 0 Å². The molecule has 146 valence electrons. The van der Waals surface area contributed by atoms with Crippen LogP contribution in [0.15, 0.2) is 30.3 Å². The van der Waals surface area contributed by atoms with E-state index in [1.54, 1.807) is 0 Å². The average molecular weight is 389 g/mol. The van der Waals surface area contributed by atoms with Crippen LogP contribution in [0.25, 0.3) is 0 Å². The molecule has 2 aromatic rings. The molecular formula is C21H29ClN4O. The molecule has 4 rings (SSSR count). The number of nitrogens with one attached hydrogen (secondary N) is 1. The Morgan fingerprint density at radius 1 is 1.11 bits per heavy atom. The first kappa shape index (κ1) is 19.9. The van der Waals surface area contributed by atoms with Gasteiger partial charge in [-0.2, -0.15) is 5.10 Å². The zero-order valence-electron chi connectivity index (χ0n) is 16.1. The number of amides is 1. The molecule has 0 aliphatic carbocycles. The summed E-state index contributed by atoms with van der Waals surface area (Å²) in [5.41, 5.74) is 4.17. The van der Waals surface area contributed by atoms with Crippen molar-refractivity contribution in [1.82, 2.24) is 20.0 Å². The summed E-state index contributed by atoms with van der Waals surface area (Å²) < 4.78 is 2.01. The third kappa shape index (κ3) is 4.36. The standard InChI is InChI=1S/C21H28N4O.ClH/c1-15-11-16(2)25(23-15)14-17-3-5-18(6-4-17)21(26)24-9-7-19-12-22-13-20(19)8-10-24;/h3-6,11,19-20,22H,7-10,12-14H2,1-2H3;1H/t19-,20+;. The Morgan fingerprint density at radius 3 is 2.30 bits per heavy atom. The van der Waals surface area contributed by atoms with Crippen LogP contribution in [-0.4, -0.2) is 46.8 Å². The monoisotopic (exact) mass is 388 g/mol. The lowest BCUT2D eigenvalue weighted by Crippen LogP contribution is -2.32. The molecule has 1 amide bonds. The number of carbonyl (C=O) groups is 1. The first-order valence-electron chi connectivity index (χ1n) is 9.70. The Morgan fingerprint density at radius 2 is 1.74 bits per heavy atom. The van der Waals surface area contributed by atoms with E-state index in [1.807, 2.05) is 28.6 Å². The lowest BCUT2D eigenvalue weighted by atomic mass is 9.92. The highest BCUT2D eigenvalue weighted by atomic mass is 35.5. The Bertz CT molecular complexity index is 772. The number of nitrogens with zero attached hydrogens (tertiary/aromatic N) is 3. The second-order valence-corrected chi connectivity index (χ2v) is 7.83. The van der Waals surface area contributed by atoms with Gasteiger partial charge in [0, 0.05) is 24.3 Å². The van der Waals surface area contributed by atoms with Gasteiger partial charge in [-0.1, -0.05) is 12.1 Å². The summed E-state index contributed by atoms with van der Waals surface area (Å²) in [6.07, 6.45) is 2.25. The normalized spacial score (nSPS) is 22.1. The third-order valence-corrected chi connectivity index (χ3v) is 5.94. The van der Waals surface area contributed by atoms with E-state index in [2.05, 4.69) is 35.5 Å². The fraction of sp³-hybridized carbons (Fsp3) is 0.524. The molecule has 0 saturated carbocycles. The fourth-order valence-corrected chi connectivity index (χ4v) is 4.36. The van der Waals surface area contributed by atoms with Crippen molar-refractivity contribution < 1.29 is 4.79 Å². The van der Waals surface area contributed by atoms with Crippen molar-refractivity contribution in [1.29, 1.82) is 0 Å². The molecule has 1 N–H and O–H groups in total. The largest absolute Gasteiger partial charge is 0.339 e. The number of fused-ring (bicyclic) bond motifs is 1. The second kappa shape index (κ2) is 8.44. The molecule has 2 fully saturated rings. The Kier molecular flexibility index (Phi) is 6.22. The van der Waals surface area contributed by atoms with Crippen LogP contribution in [0, 0.1) is 25.7 Å². The summed E-state index contributed by atoms with van der Waals surface area (Å²) in [7, 11) is 0. The first-order valence-corrected chi connectivity index (χ1v) is 9.70. The van der Waals surface area contributed by atoms with Crippen LogP contribution in [0.4, 0.5) is 0 Å². The molecule has 1 aromatic carbocycles. The van der Waals surface area contributed by atoms with Gasteiger partial charge >= 0.3 is 0 Å². The predicted octanol–water partition coefficient (Wildman–Crippen LogP) is 3.04. The van der Waals surface area contributed by atoms with Crippen LogP contribution in [0.5, 0.6) is 0 Å². The molecule has 2 aliphatic rings. The van der Waals surface area contributed by atoms with Gasteiger partial charge in [-0.05, 0) is 75.4 Å². The summed E-state index contributed by atoms with van der Waals surface area (Å²) in [5, 5.41) is 8.00. The van der Waals surface area contributed by atoms with Crippen molar-refractivity contribution in [3.05, 3.63) is 52.8 Å². The molecule has 1 aromatic heterocycles. The maximum absolute atomic E-state index is 12.9. The summed E-state index contributed by atoms with van der Waals surface area (Å²) in [6.45, 7) is 8.83. The van der Waals surface area contributed by atoms with Gasteiger partial charge in [-0.3, -0.25) is 9.48 Å². The number of aromatic nitrogens is 2. The Hall–Kier alpha value is -1.85. The van der Waals surface area contributed by atoms with E-state index in [0.29, 0.717) is 0 Å². The Labute approximate surface area is 167 Å². The van der Waals surface area contributed by atoms with E-state index in [9.17, 15) is 4.79 Å². The maximum Gasteiger partial charge on any atom is 0.253 e. The predicted molar refractivity (Wildman–Crippen MR) is 109 cm³/mol. The lowest BCUT2D eigenvalue weighted by molar-refractivity contribution is 0.0758. The van der Waals surface area contributed by atoms with Crippen LogP contribution in [0.3, 0.4) is 0 Å². The first-order chi connectivity index (χ1) is 12.6. The highest BCUT2D eigenvalue weighted by molar-refractivity contribution is 5.94. The van der Waals surface area contributed by atoms with Gasteiger partial charge in [0.15, 0.2) is 0 Å². The topological polar surface area (TPSA) is 50.2 Å². The molecular weight excluding hydrogens is 360 g/mol. The van der Waals surface area contributed by atoms with Gasteiger partial charge in [0.25, 0.3) is 5.91 Å². The number of hydrogen-bond donors (Lipinski definition) is 1. The second-order valence-electron chi connectivity index (χ2n) is 7.83. The molecule has 0 bridgehead atoms. The number of benzene rings is 1. The van der Waals surface area contributed by atoms with Crippen molar-refractivity contribution in [3.8, 4) is 0 Å². The molecule has 0 spiro atoms. The van der Waals surface area contributed by atoms with Gasteiger partial charge in [-0.15, -0.1) is 12.4 Å². The average Bonchev–Trinajstić information content (AvgIpc) is 3.15. The van der Waals surface area contributed by atoms with Gasteiger partial charge < -0.3 is 10.2 Å². The maximum atomic E-state index is 12.9. The highest BCUT2D eigenvalue weighted by Crippen LogP contribution is 2.27. The van der Waals surface area contributed by atoms with Gasteiger partial charge in [0.1, 0.15) is 0 Å². The van der Waals surface area contributed by atoms with Crippen LogP contribution in [-0.2, 0) is 6.54 Å². The van der Waals surface area contributed by atoms with Crippen molar-refractivity contribution in [2.45, 2.75) is 33.2 Å². The van der Waals surface area contributed by atoms with Crippen LogP contribution in [0.2, 0.25) is 0 Å². The molecule has 0 unspecified atom stereocenters. The molecule has 6 heteroatoms. The van der Waals surface area contributed by atoms with Crippen molar-refractivity contribution in [2.75, 3.05) is 26.2 Å². The Balaban J connectivity index is 0.00000210. The molecule has 2 aliphatic heterocycles. The van der Waals surface area contributed by atoms with E-state index < -0.39 is 0 Å². The zero-order valence-corrected chi connectivity index (χ0v) is 17.0. The number of rotatable bonds is 3. The molecule has 27 heavy (non-hydrogen) atoms. The fourth-order valence-electron chi connectivity index (χ4n) is 4.36. The minimum absolute atomic E-state index is 0. The van der Waals surface area contributed by atoms with Gasteiger partial charge in [0.05, 0.1) is 12.2 Å². The SMILES string of the molecule is Cc1cc(C)n(Cc2ccc(C(=O)N3CC[C@@H]4CNC[C@@H]4CC3)cc2)n1.Cl. The summed E-state index contributed by atoms with van der Waals surface area (Å²) in [5.74, 6) is 1.67. The minimum Gasteiger partial charge on any atom is -0.339 e. The van der Waals surface area contributed by atoms with E-state index in [1.165, 1.54) is 5.56 Å². The van der Waals surface area contributed by atoms with E-state index in [0.717, 1.165) is 74.4 Å². The van der Waals surface area contributed by atoms with Crippen LogP contribution >= 0.6 is 12.4 Å². The highest BCUT2D eigenvalue weighted by Gasteiger charge is 2.31. The number of likely N-dealkylation sites (tertiary alicyclic amines) is 1. The van der Waals surface area contributed by atoms with Gasteiger partial charge in [0.2, 0.25) is 0 Å². The molecule has 2 saturated heterocycles. The quantitative estimate of drug-likeness (QED) is 0.879. The number of aryl methyl sites for hydroxylation is 2. The van der Waals surface area contributed by atoms with Crippen LogP contribution in [0.1, 0.15) is 40.2 Å².